The van der Waals surface area contributed by atoms with Crippen LogP contribution in [-0.2, 0) is 0 Å². The molecule has 0 unspecified atom stereocenters. The van der Waals surface area contributed by atoms with Crippen LogP contribution in [0, 0.1) is 11.3 Å². The van der Waals surface area contributed by atoms with Gasteiger partial charge in [-0.15, -0.1) is 0 Å². The molecule has 6 heterocycles. The van der Waals surface area contributed by atoms with E-state index in [1.165, 1.54) is 50.9 Å². The number of H-pyrrole nitrogens is 1. The molecule has 0 amide bonds. The Morgan fingerprint density at radius 2 is 1.97 bits per heavy atom. The Labute approximate surface area is 216 Å². The van der Waals surface area contributed by atoms with Crippen molar-refractivity contribution in [3.05, 3.63) is 42.5 Å². The smallest absolute Gasteiger partial charge is 0.197 e. The van der Waals surface area contributed by atoms with Gasteiger partial charge < -0.3 is 14.5 Å². The fourth-order valence-corrected chi connectivity index (χ4v) is 6.44. The highest BCUT2D eigenvalue weighted by Gasteiger charge is 2.52. The van der Waals surface area contributed by atoms with Crippen molar-refractivity contribution in [2.75, 3.05) is 44.7 Å². The average Bonchev–Trinajstić information content (AvgIpc) is 3.48. The van der Waals surface area contributed by atoms with Crippen molar-refractivity contribution in [2.45, 2.75) is 39.0 Å². The summed E-state index contributed by atoms with van der Waals surface area (Å²) in [4.78, 5) is 14.3. The van der Waals surface area contributed by atoms with Gasteiger partial charge in [0.2, 0.25) is 0 Å². The minimum atomic E-state index is 0.249. The molecule has 9 nitrogen and oxygen atoms in total. The van der Waals surface area contributed by atoms with Crippen LogP contribution in [0.2, 0.25) is 0 Å². The fourth-order valence-electron chi connectivity index (χ4n) is 6.44. The van der Waals surface area contributed by atoms with Crippen molar-refractivity contribution in [1.82, 2.24) is 34.7 Å². The van der Waals surface area contributed by atoms with E-state index in [1.807, 2.05) is 18.5 Å². The van der Waals surface area contributed by atoms with Crippen LogP contribution >= 0.6 is 0 Å². The SMILES string of the molecule is COc1cc(-c2[nH]nc(-c3ccc(N4CC5(CN(CC6CCC6)C5)C4)cn3)c2C(C)C)cn2ncnc12. The molecule has 3 fully saturated rings. The molecule has 4 aromatic rings. The third kappa shape index (κ3) is 3.79. The van der Waals surface area contributed by atoms with E-state index in [0.717, 1.165) is 47.2 Å². The molecule has 2 saturated heterocycles. The summed E-state index contributed by atoms with van der Waals surface area (Å²) in [7, 11) is 1.65. The van der Waals surface area contributed by atoms with E-state index in [2.05, 4.69) is 51.0 Å². The standard InChI is InChI=1S/C28H34N8O/c1-18(2)24-25(20-9-23(37-3)27-30-17-31-36(27)12-20)32-33-26(24)22-8-7-21(10-29-22)35-15-28(16-35)13-34(14-28)11-19-5-4-6-19/h7-10,12,17-19H,4-6,11,13-16H2,1-3H3,(H,32,33). The summed E-state index contributed by atoms with van der Waals surface area (Å²) in [5.74, 6) is 1.89. The number of anilines is 1. The number of hydrogen-bond donors (Lipinski definition) is 1. The summed E-state index contributed by atoms with van der Waals surface area (Å²) < 4.78 is 7.31. The molecule has 0 bridgehead atoms. The maximum Gasteiger partial charge on any atom is 0.197 e. The number of nitrogens with one attached hydrogen (secondary N) is 1. The van der Waals surface area contributed by atoms with Crippen molar-refractivity contribution in [2.24, 2.45) is 11.3 Å². The Morgan fingerprint density at radius 3 is 2.65 bits per heavy atom. The van der Waals surface area contributed by atoms with E-state index in [4.69, 9.17) is 14.8 Å². The predicted octanol–water partition coefficient (Wildman–Crippen LogP) is 4.24. The molecule has 1 spiro atoms. The van der Waals surface area contributed by atoms with Crippen molar-refractivity contribution in [3.63, 3.8) is 0 Å². The van der Waals surface area contributed by atoms with Gasteiger partial charge in [0, 0.05) is 55.5 Å². The number of fused-ring (bicyclic) bond motifs is 1. The summed E-state index contributed by atoms with van der Waals surface area (Å²) in [6, 6.07) is 6.29. The summed E-state index contributed by atoms with van der Waals surface area (Å²) in [6.07, 6.45) is 9.81. The average molecular weight is 499 g/mol. The summed E-state index contributed by atoms with van der Waals surface area (Å²) in [6.45, 7) is 10.5. The van der Waals surface area contributed by atoms with E-state index in [-0.39, 0.29) is 5.92 Å². The lowest BCUT2D eigenvalue weighted by Crippen LogP contribution is -2.72. The normalized spacial score (nSPS) is 19.3. The van der Waals surface area contributed by atoms with Gasteiger partial charge in [-0.3, -0.25) is 10.1 Å². The second-order valence-corrected chi connectivity index (χ2v) is 11.6. The molecule has 7 rings (SSSR count). The molecule has 0 aromatic carbocycles. The largest absolute Gasteiger partial charge is 0.493 e. The van der Waals surface area contributed by atoms with Gasteiger partial charge >= 0.3 is 0 Å². The summed E-state index contributed by atoms with van der Waals surface area (Å²) in [5.41, 5.74) is 7.21. The lowest BCUT2D eigenvalue weighted by molar-refractivity contribution is -0.0372. The van der Waals surface area contributed by atoms with Crippen molar-refractivity contribution in [3.8, 4) is 28.4 Å². The maximum absolute atomic E-state index is 5.57. The molecule has 2 aliphatic heterocycles. The Morgan fingerprint density at radius 1 is 1.14 bits per heavy atom. The molecule has 0 atom stereocenters. The van der Waals surface area contributed by atoms with Gasteiger partial charge in [-0.05, 0) is 42.9 Å². The van der Waals surface area contributed by atoms with Gasteiger partial charge in [0.15, 0.2) is 11.4 Å². The monoisotopic (exact) mass is 498 g/mol. The van der Waals surface area contributed by atoms with Crippen molar-refractivity contribution < 1.29 is 4.74 Å². The number of aromatic nitrogens is 6. The van der Waals surface area contributed by atoms with Crippen LogP contribution in [0.5, 0.6) is 5.75 Å². The molecule has 3 aliphatic rings. The number of pyridine rings is 2. The molecule has 192 valence electrons. The van der Waals surface area contributed by atoms with Crippen LogP contribution in [0.1, 0.15) is 44.6 Å². The molecule has 1 N–H and O–H groups in total. The lowest BCUT2D eigenvalue weighted by atomic mass is 9.71. The van der Waals surface area contributed by atoms with Crippen LogP contribution in [0.3, 0.4) is 0 Å². The Kier molecular flexibility index (Phi) is 5.25. The third-order valence-electron chi connectivity index (χ3n) is 8.50. The zero-order valence-corrected chi connectivity index (χ0v) is 21.8. The van der Waals surface area contributed by atoms with Crippen LogP contribution in [0.15, 0.2) is 36.9 Å². The Hall–Kier alpha value is -3.46. The fraction of sp³-hybridized carbons (Fsp3) is 0.500. The Bertz CT molecular complexity index is 1420. The first kappa shape index (κ1) is 22.7. The number of nitrogens with zero attached hydrogens (tertiary/aromatic N) is 7. The molecular formula is C28H34N8O. The summed E-state index contributed by atoms with van der Waals surface area (Å²) >= 11 is 0. The van der Waals surface area contributed by atoms with Gasteiger partial charge in [-0.25, -0.2) is 9.50 Å². The minimum Gasteiger partial charge on any atom is -0.493 e. The Balaban J connectivity index is 1.09. The van der Waals surface area contributed by atoms with Crippen LogP contribution in [0.25, 0.3) is 28.3 Å². The van der Waals surface area contributed by atoms with Crippen molar-refractivity contribution in [1.29, 1.82) is 0 Å². The van der Waals surface area contributed by atoms with Gasteiger partial charge in [-0.1, -0.05) is 20.3 Å². The van der Waals surface area contributed by atoms with E-state index in [9.17, 15) is 0 Å². The predicted molar refractivity (Wildman–Crippen MR) is 143 cm³/mol. The molecule has 9 heteroatoms. The zero-order valence-electron chi connectivity index (χ0n) is 21.8. The first-order valence-corrected chi connectivity index (χ1v) is 13.4. The highest BCUT2D eigenvalue weighted by molar-refractivity contribution is 5.75. The van der Waals surface area contributed by atoms with E-state index < -0.39 is 0 Å². The second kappa shape index (κ2) is 8.55. The van der Waals surface area contributed by atoms with E-state index in [0.29, 0.717) is 16.8 Å². The first-order valence-electron chi connectivity index (χ1n) is 13.4. The molecule has 1 aliphatic carbocycles. The number of hydrogen-bond acceptors (Lipinski definition) is 7. The van der Waals surface area contributed by atoms with Crippen LogP contribution in [-0.4, -0.2) is 74.5 Å². The lowest BCUT2D eigenvalue weighted by Gasteiger charge is -2.61. The zero-order chi connectivity index (χ0) is 25.1. The second-order valence-electron chi connectivity index (χ2n) is 11.6. The van der Waals surface area contributed by atoms with Crippen molar-refractivity contribution >= 4 is 11.3 Å². The number of likely N-dealkylation sites (tertiary alicyclic amines) is 1. The third-order valence-corrected chi connectivity index (χ3v) is 8.50. The quantitative estimate of drug-likeness (QED) is 0.408. The van der Waals surface area contributed by atoms with E-state index in [1.54, 1.807) is 11.6 Å². The highest BCUT2D eigenvalue weighted by Crippen LogP contribution is 2.43. The van der Waals surface area contributed by atoms with E-state index >= 15 is 0 Å². The maximum atomic E-state index is 5.57. The molecular weight excluding hydrogens is 464 g/mol. The molecule has 4 aromatic heterocycles. The van der Waals surface area contributed by atoms with Gasteiger partial charge in [0.05, 0.1) is 30.4 Å². The minimum absolute atomic E-state index is 0.249. The van der Waals surface area contributed by atoms with Gasteiger partial charge in [0.1, 0.15) is 12.0 Å². The molecule has 37 heavy (non-hydrogen) atoms. The number of aromatic amines is 1. The molecule has 1 saturated carbocycles. The van der Waals surface area contributed by atoms with Gasteiger partial charge in [0.25, 0.3) is 0 Å². The highest BCUT2D eigenvalue weighted by atomic mass is 16.5. The van der Waals surface area contributed by atoms with Crippen LogP contribution in [0.4, 0.5) is 5.69 Å². The number of rotatable bonds is 7. The van der Waals surface area contributed by atoms with Gasteiger partial charge in [-0.2, -0.15) is 10.2 Å². The number of methoxy groups -OCH3 is 1. The number of ether oxygens (including phenoxy) is 1. The topological polar surface area (TPSA) is 87.5 Å². The summed E-state index contributed by atoms with van der Waals surface area (Å²) in [5, 5.41) is 12.3. The van der Waals surface area contributed by atoms with Crippen LogP contribution < -0.4 is 9.64 Å². The molecule has 0 radical (unpaired) electrons. The first-order chi connectivity index (χ1) is 18.0.